The summed E-state index contributed by atoms with van der Waals surface area (Å²) in [5, 5.41) is 0. The summed E-state index contributed by atoms with van der Waals surface area (Å²) in [7, 11) is 0. The maximum absolute atomic E-state index is 12.1. The number of nitrogens with two attached hydrogens (primary N) is 1. The summed E-state index contributed by atoms with van der Waals surface area (Å²) < 4.78 is 36.3. The first kappa shape index (κ1) is 15.2. The Bertz CT molecular complexity index is 241. The van der Waals surface area contributed by atoms with Gasteiger partial charge in [-0.15, -0.1) is 0 Å². The van der Waals surface area contributed by atoms with Crippen molar-refractivity contribution in [2.75, 3.05) is 12.3 Å². The summed E-state index contributed by atoms with van der Waals surface area (Å²) in [6.07, 6.45) is 4.66. The minimum atomic E-state index is -4.11. The topological polar surface area (TPSA) is 26.0 Å². The molecule has 0 aliphatic heterocycles. The second kappa shape index (κ2) is 5.39. The summed E-state index contributed by atoms with van der Waals surface area (Å²) in [5.74, 6) is 0.140. The van der Waals surface area contributed by atoms with Crippen LogP contribution in [0.2, 0.25) is 0 Å². The van der Waals surface area contributed by atoms with Crippen LogP contribution in [0, 0.1) is 10.8 Å². The fraction of sp³-hybridized carbons (Fsp3) is 1.00. The Morgan fingerprint density at radius 3 is 2.06 bits per heavy atom. The monoisotopic (exact) mass is 269 g/mol. The van der Waals surface area contributed by atoms with Crippen LogP contribution in [0.4, 0.5) is 13.2 Å². The predicted octanol–water partition coefficient (Wildman–Crippen LogP) is 4.17. The van der Waals surface area contributed by atoms with Crippen LogP contribution >= 0.6 is 11.8 Å². The van der Waals surface area contributed by atoms with Gasteiger partial charge in [-0.2, -0.15) is 13.2 Å². The van der Waals surface area contributed by atoms with Gasteiger partial charge in [0.1, 0.15) is 0 Å². The lowest BCUT2D eigenvalue weighted by molar-refractivity contribution is -0.0330. The van der Waals surface area contributed by atoms with Gasteiger partial charge in [0.05, 0.1) is 0 Å². The molecule has 0 bridgehead atoms. The summed E-state index contributed by atoms with van der Waals surface area (Å²) >= 11 is 0.0855. The van der Waals surface area contributed by atoms with Crippen molar-refractivity contribution in [3.63, 3.8) is 0 Å². The van der Waals surface area contributed by atoms with E-state index in [0.717, 1.165) is 25.7 Å². The van der Waals surface area contributed by atoms with E-state index in [1.165, 1.54) is 0 Å². The van der Waals surface area contributed by atoms with Crippen LogP contribution in [0.25, 0.3) is 0 Å². The van der Waals surface area contributed by atoms with Gasteiger partial charge < -0.3 is 5.73 Å². The molecule has 2 N–H and O–H groups in total. The Kier molecular flexibility index (Phi) is 4.81. The Morgan fingerprint density at radius 1 is 1.12 bits per heavy atom. The molecule has 102 valence electrons. The van der Waals surface area contributed by atoms with Crippen LogP contribution in [-0.4, -0.2) is 17.8 Å². The van der Waals surface area contributed by atoms with Crippen molar-refractivity contribution in [3.8, 4) is 0 Å². The number of hydrogen-bond acceptors (Lipinski definition) is 2. The molecule has 0 aromatic rings. The third-order valence-corrected chi connectivity index (χ3v) is 4.73. The van der Waals surface area contributed by atoms with Crippen LogP contribution in [0.3, 0.4) is 0 Å². The molecule has 1 rings (SSSR count). The van der Waals surface area contributed by atoms with Gasteiger partial charge in [-0.1, -0.05) is 25.6 Å². The Balaban J connectivity index is 2.43. The van der Waals surface area contributed by atoms with Crippen LogP contribution in [0.5, 0.6) is 0 Å². The Hall–Kier alpha value is 0.100. The van der Waals surface area contributed by atoms with Crippen molar-refractivity contribution in [1.29, 1.82) is 0 Å². The van der Waals surface area contributed by atoms with E-state index in [1.54, 1.807) is 0 Å². The van der Waals surface area contributed by atoms with E-state index in [0.29, 0.717) is 18.4 Å². The summed E-state index contributed by atoms with van der Waals surface area (Å²) in [5.41, 5.74) is 1.96. The van der Waals surface area contributed by atoms with E-state index in [1.807, 2.05) is 0 Å². The predicted molar refractivity (Wildman–Crippen MR) is 66.9 cm³/mol. The van der Waals surface area contributed by atoms with Gasteiger partial charge in [-0.3, -0.25) is 0 Å². The van der Waals surface area contributed by atoms with Gasteiger partial charge in [-0.25, -0.2) is 0 Å². The van der Waals surface area contributed by atoms with E-state index < -0.39 is 5.51 Å². The lowest BCUT2D eigenvalue weighted by Crippen LogP contribution is -2.37. The lowest BCUT2D eigenvalue weighted by Gasteiger charge is -2.43. The maximum Gasteiger partial charge on any atom is 0.441 e. The zero-order chi connectivity index (χ0) is 13.2. The zero-order valence-electron chi connectivity index (χ0n) is 10.6. The molecule has 0 amide bonds. The highest BCUT2D eigenvalue weighted by Gasteiger charge is 2.38. The first-order valence-electron chi connectivity index (χ1n) is 6.09. The van der Waals surface area contributed by atoms with E-state index in [2.05, 4.69) is 13.8 Å². The molecule has 1 nitrogen and oxygen atoms in total. The molecule has 0 heterocycles. The fourth-order valence-electron chi connectivity index (χ4n) is 2.40. The van der Waals surface area contributed by atoms with E-state index >= 15 is 0 Å². The zero-order valence-corrected chi connectivity index (χ0v) is 11.4. The van der Waals surface area contributed by atoms with Crippen molar-refractivity contribution in [2.24, 2.45) is 16.6 Å². The SMILES string of the molecule is CC1(C)CCC(CN)(CCSC(F)(F)F)CC1. The first-order chi connectivity index (χ1) is 7.68. The third-order valence-electron chi connectivity index (χ3n) is 4.00. The van der Waals surface area contributed by atoms with Gasteiger partial charge >= 0.3 is 5.51 Å². The molecule has 17 heavy (non-hydrogen) atoms. The van der Waals surface area contributed by atoms with Crippen molar-refractivity contribution < 1.29 is 13.2 Å². The van der Waals surface area contributed by atoms with E-state index in [-0.39, 0.29) is 22.9 Å². The van der Waals surface area contributed by atoms with Crippen LogP contribution in [-0.2, 0) is 0 Å². The summed E-state index contributed by atoms with van der Waals surface area (Å²) in [4.78, 5) is 0. The molecule has 1 fully saturated rings. The number of halogens is 3. The fourth-order valence-corrected chi connectivity index (χ4v) is 3.16. The van der Waals surface area contributed by atoms with Gasteiger partial charge in [-0.05, 0) is 49.5 Å². The van der Waals surface area contributed by atoms with E-state index in [9.17, 15) is 13.2 Å². The third kappa shape index (κ3) is 5.08. The van der Waals surface area contributed by atoms with Crippen LogP contribution in [0.1, 0.15) is 46.0 Å². The minimum Gasteiger partial charge on any atom is -0.330 e. The molecule has 0 radical (unpaired) electrons. The van der Waals surface area contributed by atoms with Gasteiger partial charge in [0.2, 0.25) is 0 Å². The maximum atomic E-state index is 12.1. The minimum absolute atomic E-state index is 0.0478. The highest BCUT2D eigenvalue weighted by molar-refractivity contribution is 8.00. The molecule has 1 aliphatic rings. The molecule has 0 atom stereocenters. The second-order valence-corrected chi connectivity index (χ2v) is 7.07. The van der Waals surface area contributed by atoms with Crippen LogP contribution < -0.4 is 5.73 Å². The molecule has 1 aliphatic carbocycles. The number of alkyl halides is 3. The average molecular weight is 269 g/mol. The largest absolute Gasteiger partial charge is 0.441 e. The molecule has 0 unspecified atom stereocenters. The highest BCUT2D eigenvalue weighted by atomic mass is 32.2. The average Bonchev–Trinajstić information content (AvgIpc) is 2.19. The normalized spacial score (nSPS) is 23.6. The molecular formula is C12H22F3NS. The standard InChI is InChI=1S/C12H22F3NS/c1-10(2)3-5-11(9-16,6-4-10)7-8-17-12(13,14)15/h3-9,16H2,1-2H3. The summed E-state index contributed by atoms with van der Waals surface area (Å²) in [6, 6.07) is 0. The number of hydrogen-bond donors (Lipinski definition) is 1. The van der Waals surface area contributed by atoms with Gasteiger partial charge in [0.25, 0.3) is 0 Å². The van der Waals surface area contributed by atoms with Gasteiger partial charge in [0.15, 0.2) is 0 Å². The molecule has 1 saturated carbocycles. The summed E-state index contributed by atoms with van der Waals surface area (Å²) in [6.45, 7) is 4.96. The quantitative estimate of drug-likeness (QED) is 0.828. The Labute approximate surface area is 106 Å². The smallest absolute Gasteiger partial charge is 0.330 e. The number of rotatable bonds is 4. The Morgan fingerprint density at radius 2 is 1.65 bits per heavy atom. The molecule has 5 heteroatoms. The van der Waals surface area contributed by atoms with Crippen LogP contribution in [0.15, 0.2) is 0 Å². The second-order valence-electron chi connectivity index (χ2n) is 5.91. The lowest BCUT2D eigenvalue weighted by atomic mass is 9.64. The number of thioether (sulfide) groups is 1. The molecule has 0 spiro atoms. The highest BCUT2D eigenvalue weighted by Crippen LogP contribution is 2.47. The van der Waals surface area contributed by atoms with Crippen molar-refractivity contribution in [3.05, 3.63) is 0 Å². The van der Waals surface area contributed by atoms with Gasteiger partial charge in [0, 0.05) is 5.75 Å². The first-order valence-corrected chi connectivity index (χ1v) is 7.07. The molecule has 0 aromatic carbocycles. The van der Waals surface area contributed by atoms with E-state index in [4.69, 9.17) is 5.73 Å². The molecular weight excluding hydrogens is 247 g/mol. The van der Waals surface area contributed by atoms with Crippen molar-refractivity contribution >= 4 is 11.8 Å². The van der Waals surface area contributed by atoms with Crippen molar-refractivity contribution in [2.45, 2.75) is 51.5 Å². The van der Waals surface area contributed by atoms with Crippen molar-refractivity contribution in [1.82, 2.24) is 0 Å². The molecule has 0 saturated heterocycles. The molecule has 0 aromatic heterocycles.